The fourth-order valence-electron chi connectivity index (χ4n) is 1.85. The van der Waals surface area contributed by atoms with Gasteiger partial charge in [0.25, 0.3) is 0 Å². The second-order valence-electron chi connectivity index (χ2n) is 3.07. The molecule has 0 amide bonds. The molecule has 0 heterocycles. The molecule has 0 bridgehead atoms. The molecule has 0 aliphatic heterocycles. The molecule has 1 fully saturated rings. The molecule has 2 atom stereocenters. The Balaban J connectivity index is 2.25. The lowest BCUT2D eigenvalue weighted by Gasteiger charge is -2.13. The summed E-state index contributed by atoms with van der Waals surface area (Å²) in [7, 11) is 0. The summed E-state index contributed by atoms with van der Waals surface area (Å²) >= 11 is 6.08. The zero-order chi connectivity index (χ0) is 6.97. The number of hydrogen-bond donors (Lipinski definition) is 0. The Kier molecular flexibility index (Phi) is 1.57. The topological polar surface area (TPSA) is 0 Å². The molecular weight excluding hydrogens is 144 g/mol. The number of alkyl halides is 1. The van der Waals surface area contributed by atoms with Crippen LogP contribution >= 0.6 is 11.6 Å². The van der Waals surface area contributed by atoms with Crippen LogP contribution in [0.4, 0.5) is 0 Å². The molecule has 2 rings (SSSR count). The van der Waals surface area contributed by atoms with Gasteiger partial charge in [0.05, 0.1) is 5.38 Å². The van der Waals surface area contributed by atoms with Gasteiger partial charge in [-0.05, 0) is 30.8 Å². The van der Waals surface area contributed by atoms with Crippen molar-refractivity contribution >= 4 is 11.6 Å². The van der Waals surface area contributed by atoms with E-state index in [1.54, 1.807) is 0 Å². The van der Waals surface area contributed by atoms with E-state index < -0.39 is 0 Å². The summed E-state index contributed by atoms with van der Waals surface area (Å²) in [6.45, 7) is 0. The Labute approximate surface area is 66.6 Å². The minimum atomic E-state index is 0.343. The molecule has 1 saturated carbocycles. The second-order valence-corrected chi connectivity index (χ2v) is 3.60. The van der Waals surface area contributed by atoms with Crippen LogP contribution < -0.4 is 0 Å². The van der Waals surface area contributed by atoms with Crippen molar-refractivity contribution in [2.24, 2.45) is 5.92 Å². The predicted octanol–water partition coefficient (Wildman–Crippen LogP) is 2.89. The molecule has 0 aromatic heterocycles. The van der Waals surface area contributed by atoms with Crippen molar-refractivity contribution in [1.29, 1.82) is 0 Å². The Hall–Kier alpha value is -0.230. The van der Waals surface area contributed by atoms with Gasteiger partial charge < -0.3 is 0 Å². The van der Waals surface area contributed by atoms with Gasteiger partial charge in [0, 0.05) is 0 Å². The van der Waals surface area contributed by atoms with E-state index >= 15 is 0 Å². The molecule has 0 radical (unpaired) electrons. The summed E-state index contributed by atoms with van der Waals surface area (Å²) in [5.74, 6) is 0.785. The standard InChI is InChI=1S/C9H11Cl/c10-9-6-5-7-3-1-2-4-8(7)9/h1-2,4,7,9H,3,5-6H2. The molecule has 10 heavy (non-hydrogen) atoms. The van der Waals surface area contributed by atoms with E-state index in [1.165, 1.54) is 24.8 Å². The predicted molar refractivity (Wildman–Crippen MR) is 44.2 cm³/mol. The fraction of sp³-hybridized carbons (Fsp3) is 0.556. The van der Waals surface area contributed by atoms with Gasteiger partial charge in [0.1, 0.15) is 0 Å². The maximum atomic E-state index is 6.08. The Bertz CT molecular complexity index is 191. The highest BCUT2D eigenvalue weighted by molar-refractivity contribution is 6.22. The number of rotatable bonds is 0. The monoisotopic (exact) mass is 154 g/mol. The summed E-state index contributed by atoms with van der Waals surface area (Å²) in [5.41, 5.74) is 1.48. The first kappa shape index (κ1) is 6.48. The summed E-state index contributed by atoms with van der Waals surface area (Å²) in [5, 5.41) is 0.343. The van der Waals surface area contributed by atoms with Crippen molar-refractivity contribution in [1.82, 2.24) is 0 Å². The Morgan fingerprint density at radius 3 is 3.10 bits per heavy atom. The number of hydrogen-bond acceptors (Lipinski definition) is 0. The van der Waals surface area contributed by atoms with Gasteiger partial charge in [-0.15, -0.1) is 11.6 Å². The van der Waals surface area contributed by atoms with E-state index in [1.807, 2.05) is 0 Å². The summed E-state index contributed by atoms with van der Waals surface area (Å²) in [6.07, 6.45) is 10.3. The third-order valence-electron chi connectivity index (χ3n) is 2.45. The quantitative estimate of drug-likeness (QED) is 0.471. The lowest BCUT2D eigenvalue weighted by Crippen LogP contribution is -2.02. The van der Waals surface area contributed by atoms with Gasteiger partial charge in [-0.25, -0.2) is 0 Å². The second kappa shape index (κ2) is 2.43. The highest BCUT2D eigenvalue weighted by Crippen LogP contribution is 2.38. The maximum absolute atomic E-state index is 6.08. The van der Waals surface area contributed by atoms with Gasteiger partial charge >= 0.3 is 0 Å². The highest BCUT2D eigenvalue weighted by atomic mass is 35.5. The van der Waals surface area contributed by atoms with Crippen LogP contribution in [0.25, 0.3) is 0 Å². The van der Waals surface area contributed by atoms with Crippen LogP contribution in [0.5, 0.6) is 0 Å². The first-order valence-corrected chi connectivity index (χ1v) is 4.32. The molecule has 54 valence electrons. The molecular formula is C9H11Cl. The molecule has 0 N–H and O–H groups in total. The first-order chi connectivity index (χ1) is 4.88. The van der Waals surface area contributed by atoms with E-state index in [4.69, 9.17) is 11.6 Å². The zero-order valence-electron chi connectivity index (χ0n) is 5.89. The third-order valence-corrected chi connectivity index (χ3v) is 2.92. The first-order valence-electron chi connectivity index (χ1n) is 3.88. The Morgan fingerprint density at radius 1 is 1.40 bits per heavy atom. The van der Waals surface area contributed by atoms with Gasteiger partial charge in [-0.2, -0.15) is 0 Å². The van der Waals surface area contributed by atoms with Crippen LogP contribution in [0.15, 0.2) is 23.8 Å². The number of fused-ring (bicyclic) bond motifs is 1. The number of halogens is 1. The van der Waals surface area contributed by atoms with Crippen LogP contribution in [0.1, 0.15) is 19.3 Å². The van der Waals surface area contributed by atoms with E-state index in [2.05, 4.69) is 18.2 Å². The molecule has 2 aliphatic rings. The number of allylic oxidation sites excluding steroid dienone is 4. The van der Waals surface area contributed by atoms with Gasteiger partial charge in [-0.1, -0.05) is 18.2 Å². The summed E-state index contributed by atoms with van der Waals surface area (Å²) < 4.78 is 0. The molecule has 0 aromatic rings. The van der Waals surface area contributed by atoms with Crippen LogP contribution in [0, 0.1) is 5.92 Å². The maximum Gasteiger partial charge on any atom is 0.0551 e. The lowest BCUT2D eigenvalue weighted by atomic mass is 9.95. The van der Waals surface area contributed by atoms with Crippen molar-refractivity contribution in [3.63, 3.8) is 0 Å². The molecule has 0 nitrogen and oxygen atoms in total. The molecule has 2 aliphatic carbocycles. The summed E-state index contributed by atoms with van der Waals surface area (Å²) in [4.78, 5) is 0. The molecule has 1 heteroatoms. The van der Waals surface area contributed by atoms with Gasteiger partial charge in [-0.3, -0.25) is 0 Å². The van der Waals surface area contributed by atoms with E-state index in [0.717, 1.165) is 5.92 Å². The van der Waals surface area contributed by atoms with Crippen molar-refractivity contribution in [2.45, 2.75) is 24.6 Å². The van der Waals surface area contributed by atoms with Crippen molar-refractivity contribution < 1.29 is 0 Å². The summed E-state index contributed by atoms with van der Waals surface area (Å²) in [6, 6.07) is 0. The van der Waals surface area contributed by atoms with E-state index in [-0.39, 0.29) is 0 Å². The van der Waals surface area contributed by atoms with Crippen molar-refractivity contribution in [2.75, 3.05) is 0 Å². The molecule has 0 spiro atoms. The third kappa shape index (κ3) is 0.911. The lowest BCUT2D eigenvalue weighted by molar-refractivity contribution is 0.633. The highest BCUT2D eigenvalue weighted by Gasteiger charge is 2.28. The van der Waals surface area contributed by atoms with Crippen LogP contribution in [-0.2, 0) is 0 Å². The molecule has 0 saturated heterocycles. The van der Waals surface area contributed by atoms with Crippen LogP contribution in [0.3, 0.4) is 0 Å². The van der Waals surface area contributed by atoms with E-state index in [0.29, 0.717) is 5.38 Å². The zero-order valence-corrected chi connectivity index (χ0v) is 6.64. The smallest absolute Gasteiger partial charge is 0.0551 e. The SMILES string of the molecule is ClC1CCC2CC=CC=C12. The molecule has 0 aromatic carbocycles. The fourth-order valence-corrected chi connectivity index (χ4v) is 2.23. The minimum Gasteiger partial charge on any atom is -0.118 e. The van der Waals surface area contributed by atoms with Crippen molar-refractivity contribution in [3.05, 3.63) is 23.8 Å². The van der Waals surface area contributed by atoms with Crippen LogP contribution in [-0.4, -0.2) is 5.38 Å². The Morgan fingerprint density at radius 2 is 2.30 bits per heavy atom. The molecule has 2 unspecified atom stereocenters. The van der Waals surface area contributed by atoms with Gasteiger partial charge in [0.15, 0.2) is 0 Å². The minimum absolute atomic E-state index is 0.343. The normalized spacial score (nSPS) is 37.5. The largest absolute Gasteiger partial charge is 0.118 e. The average molecular weight is 155 g/mol. The van der Waals surface area contributed by atoms with E-state index in [9.17, 15) is 0 Å². The van der Waals surface area contributed by atoms with Crippen LogP contribution in [0.2, 0.25) is 0 Å². The average Bonchev–Trinajstić information content (AvgIpc) is 2.34. The van der Waals surface area contributed by atoms with Crippen molar-refractivity contribution in [3.8, 4) is 0 Å². The van der Waals surface area contributed by atoms with Gasteiger partial charge in [0.2, 0.25) is 0 Å².